The summed E-state index contributed by atoms with van der Waals surface area (Å²) >= 11 is 0. The topological polar surface area (TPSA) is 25.0 Å². The maximum Gasteiger partial charge on any atom is 0.146 e. The molecule has 0 unspecified atom stereocenters. The molecule has 0 fully saturated rings. The van der Waals surface area contributed by atoms with Crippen LogP contribution in [0, 0.1) is 0 Å². The van der Waals surface area contributed by atoms with Gasteiger partial charge in [0.1, 0.15) is 5.65 Å². The standard InChI is InChI=1S/C57H44N4/c1-56(2,3)36-28-43-44-30-37(57(4,5)6)31-49(59(38-20-9-7-10-21-38)39-22-11-8-12-23-39)53(44)61-52(43)45(29-36)46-32-48-51(58-55(46)61)50-40-24-16-15-19-35(40)26-42-41-25-33-17-13-14-18-34(33)27-47(41)60(48)54(42)50/h7-32H,1-6H3. The van der Waals surface area contributed by atoms with Gasteiger partial charge in [-0.3, -0.25) is 4.40 Å². The van der Waals surface area contributed by atoms with E-state index in [-0.39, 0.29) is 10.8 Å². The third kappa shape index (κ3) is 4.68. The average molecular weight is 785 g/mol. The van der Waals surface area contributed by atoms with E-state index in [1.807, 2.05) is 0 Å². The van der Waals surface area contributed by atoms with E-state index in [1.165, 1.54) is 92.4 Å². The molecule has 0 saturated heterocycles. The molecule has 0 aliphatic carbocycles. The van der Waals surface area contributed by atoms with Crippen molar-refractivity contribution in [3.05, 3.63) is 169 Å². The highest BCUT2D eigenvalue weighted by atomic mass is 15.2. The van der Waals surface area contributed by atoms with Crippen molar-refractivity contribution in [3.63, 3.8) is 0 Å². The Bertz CT molecular complexity index is 3890. The van der Waals surface area contributed by atoms with E-state index in [0.29, 0.717) is 0 Å². The summed E-state index contributed by atoms with van der Waals surface area (Å²) in [6, 6.07) is 58.8. The zero-order valence-corrected chi connectivity index (χ0v) is 35.3. The number of hydrogen-bond donors (Lipinski definition) is 0. The van der Waals surface area contributed by atoms with Crippen molar-refractivity contribution >= 4 is 115 Å². The smallest absolute Gasteiger partial charge is 0.146 e. The van der Waals surface area contributed by atoms with Crippen molar-refractivity contribution in [1.82, 2.24) is 13.8 Å². The first kappa shape index (κ1) is 34.7. The van der Waals surface area contributed by atoms with E-state index in [2.05, 4.69) is 213 Å². The molecule has 8 aromatic carbocycles. The molecule has 4 heteroatoms. The lowest BCUT2D eigenvalue weighted by Gasteiger charge is -2.29. The van der Waals surface area contributed by atoms with E-state index in [1.54, 1.807) is 0 Å². The van der Waals surface area contributed by atoms with Gasteiger partial charge in [-0.2, -0.15) is 0 Å². The number of hydrogen-bond acceptors (Lipinski definition) is 2. The number of pyridine rings is 1. The maximum absolute atomic E-state index is 5.96. The molecule has 0 radical (unpaired) electrons. The van der Waals surface area contributed by atoms with E-state index >= 15 is 0 Å². The second-order valence-corrected chi connectivity index (χ2v) is 19.3. The number of anilines is 3. The Balaban J connectivity index is 1.28. The molecule has 0 N–H and O–H groups in total. The van der Waals surface area contributed by atoms with Gasteiger partial charge in [0.25, 0.3) is 0 Å². The summed E-state index contributed by atoms with van der Waals surface area (Å²) in [6.07, 6.45) is 0. The minimum absolute atomic E-state index is 0.0738. The molecule has 0 amide bonds. The van der Waals surface area contributed by atoms with Gasteiger partial charge in [0.15, 0.2) is 0 Å². The third-order valence-corrected chi connectivity index (χ3v) is 13.5. The molecule has 0 saturated carbocycles. The molecule has 5 aromatic heterocycles. The molecule has 13 aromatic rings. The van der Waals surface area contributed by atoms with Crippen LogP contribution in [0.4, 0.5) is 17.1 Å². The van der Waals surface area contributed by atoms with Crippen LogP contribution in [0.15, 0.2) is 158 Å². The fourth-order valence-corrected chi connectivity index (χ4v) is 10.5. The predicted molar refractivity (Wildman–Crippen MR) is 261 cm³/mol. The van der Waals surface area contributed by atoms with Gasteiger partial charge in [-0.1, -0.05) is 126 Å². The second kappa shape index (κ2) is 11.8. The van der Waals surface area contributed by atoms with Crippen LogP contribution in [0.1, 0.15) is 52.7 Å². The fourth-order valence-electron chi connectivity index (χ4n) is 10.5. The van der Waals surface area contributed by atoms with Crippen molar-refractivity contribution in [1.29, 1.82) is 0 Å². The van der Waals surface area contributed by atoms with Gasteiger partial charge in [0.2, 0.25) is 0 Å². The molecule has 292 valence electrons. The normalized spacial score (nSPS) is 13.1. The Morgan fingerprint density at radius 1 is 0.410 bits per heavy atom. The molecule has 0 atom stereocenters. The summed E-state index contributed by atoms with van der Waals surface area (Å²) in [4.78, 5) is 8.41. The maximum atomic E-state index is 5.96. The molecule has 0 aliphatic heterocycles. The highest BCUT2D eigenvalue weighted by Gasteiger charge is 2.30. The van der Waals surface area contributed by atoms with E-state index in [9.17, 15) is 0 Å². The minimum atomic E-state index is -0.0940. The van der Waals surface area contributed by atoms with Gasteiger partial charge in [0.05, 0.1) is 38.8 Å². The molecule has 4 nitrogen and oxygen atoms in total. The first-order valence-corrected chi connectivity index (χ1v) is 21.6. The summed E-state index contributed by atoms with van der Waals surface area (Å²) in [5.41, 5.74) is 13.9. The van der Waals surface area contributed by atoms with Gasteiger partial charge < -0.3 is 9.30 Å². The summed E-state index contributed by atoms with van der Waals surface area (Å²) in [6.45, 7) is 14.0. The summed E-state index contributed by atoms with van der Waals surface area (Å²) < 4.78 is 5.04. The molecular formula is C57H44N4. The SMILES string of the molecule is CC(C)(C)c1cc(N(c2ccccc2)c2ccccc2)c2c(c1)c1cc(C(C)(C)C)cc3c4cc5c(nc4n2c31)c1c2ccccc2cc2c3cc4ccccc4cc3n5c21. The van der Waals surface area contributed by atoms with Crippen molar-refractivity contribution in [3.8, 4) is 0 Å². The Hall–Kier alpha value is -7.17. The molecule has 0 spiro atoms. The molecule has 0 bridgehead atoms. The highest BCUT2D eigenvalue weighted by molar-refractivity contribution is 6.33. The number of fused-ring (bicyclic) bond motifs is 15. The van der Waals surface area contributed by atoms with Crippen molar-refractivity contribution in [2.24, 2.45) is 0 Å². The van der Waals surface area contributed by atoms with Crippen LogP contribution in [-0.4, -0.2) is 13.8 Å². The zero-order valence-electron chi connectivity index (χ0n) is 35.3. The first-order valence-electron chi connectivity index (χ1n) is 21.6. The van der Waals surface area contributed by atoms with Crippen LogP contribution in [0.2, 0.25) is 0 Å². The highest BCUT2D eigenvalue weighted by Crippen LogP contribution is 2.50. The van der Waals surface area contributed by atoms with E-state index in [0.717, 1.165) is 33.7 Å². The van der Waals surface area contributed by atoms with Crippen molar-refractivity contribution < 1.29 is 0 Å². The van der Waals surface area contributed by atoms with Crippen LogP contribution < -0.4 is 4.90 Å². The predicted octanol–water partition coefficient (Wildman–Crippen LogP) is 15.8. The average Bonchev–Trinajstić information content (AvgIpc) is 3.97. The minimum Gasteiger partial charge on any atom is -0.308 e. The summed E-state index contributed by atoms with van der Waals surface area (Å²) in [5, 5.41) is 13.7. The second-order valence-electron chi connectivity index (χ2n) is 19.3. The van der Waals surface area contributed by atoms with E-state index < -0.39 is 0 Å². The Labute approximate surface area is 353 Å². The molecule has 0 aliphatic rings. The fraction of sp³-hybridized carbons (Fsp3) is 0.140. The molecule has 61 heavy (non-hydrogen) atoms. The Kier molecular flexibility index (Phi) is 6.69. The first-order chi connectivity index (χ1) is 29.5. The van der Waals surface area contributed by atoms with Crippen molar-refractivity contribution in [2.75, 3.05) is 4.90 Å². The van der Waals surface area contributed by atoms with E-state index in [4.69, 9.17) is 4.98 Å². The van der Waals surface area contributed by atoms with Gasteiger partial charge >= 0.3 is 0 Å². The Morgan fingerprint density at radius 3 is 1.59 bits per heavy atom. The lowest BCUT2D eigenvalue weighted by Crippen LogP contribution is -2.15. The quantitative estimate of drug-likeness (QED) is 0.178. The lowest BCUT2D eigenvalue weighted by atomic mass is 9.84. The monoisotopic (exact) mass is 784 g/mol. The van der Waals surface area contributed by atoms with Gasteiger partial charge in [0, 0.05) is 49.1 Å². The van der Waals surface area contributed by atoms with Crippen LogP contribution in [-0.2, 0) is 10.8 Å². The number of nitrogens with zero attached hydrogens (tertiary/aromatic N) is 4. The van der Waals surface area contributed by atoms with Crippen LogP contribution >= 0.6 is 0 Å². The summed E-state index contributed by atoms with van der Waals surface area (Å²) in [7, 11) is 0. The van der Waals surface area contributed by atoms with Crippen LogP contribution in [0.3, 0.4) is 0 Å². The van der Waals surface area contributed by atoms with Crippen LogP contribution in [0.5, 0.6) is 0 Å². The van der Waals surface area contributed by atoms with Gasteiger partial charge in [-0.25, -0.2) is 4.98 Å². The lowest BCUT2D eigenvalue weighted by molar-refractivity contribution is 0.591. The zero-order chi connectivity index (χ0) is 41.1. The number of benzene rings is 8. The molecular weight excluding hydrogens is 741 g/mol. The Morgan fingerprint density at radius 2 is 0.934 bits per heavy atom. The largest absolute Gasteiger partial charge is 0.308 e. The summed E-state index contributed by atoms with van der Waals surface area (Å²) in [5.74, 6) is 0. The number of rotatable bonds is 3. The third-order valence-electron chi connectivity index (χ3n) is 13.5. The van der Waals surface area contributed by atoms with Crippen molar-refractivity contribution in [2.45, 2.75) is 52.4 Å². The molecule has 5 heterocycles. The molecule has 13 rings (SSSR count). The van der Waals surface area contributed by atoms with Crippen LogP contribution in [0.25, 0.3) is 98.0 Å². The number of aromatic nitrogens is 3. The van der Waals surface area contributed by atoms with Gasteiger partial charge in [-0.05, 0) is 116 Å². The number of para-hydroxylation sites is 2. The van der Waals surface area contributed by atoms with Gasteiger partial charge in [-0.15, -0.1) is 0 Å².